The van der Waals surface area contributed by atoms with Gasteiger partial charge in [-0.25, -0.2) is 9.97 Å². The van der Waals surface area contributed by atoms with Crippen molar-refractivity contribution in [2.75, 3.05) is 18.5 Å². The molecule has 20 heavy (non-hydrogen) atoms. The lowest BCUT2D eigenvalue weighted by molar-refractivity contribution is 0.842. The van der Waals surface area contributed by atoms with Gasteiger partial charge in [0, 0.05) is 31.4 Å². The maximum absolute atomic E-state index is 6.19. The maximum Gasteiger partial charge on any atom is 0.227 e. The molecule has 3 aromatic heterocycles. The molecule has 0 fully saturated rings. The SMILES string of the molecule is CN(CCc1ccncc1)c1nc(Cl)c2ccsc2n1. The van der Waals surface area contributed by atoms with Crippen LogP contribution in [-0.4, -0.2) is 28.5 Å². The van der Waals surface area contributed by atoms with Gasteiger partial charge in [-0.05, 0) is 35.6 Å². The van der Waals surface area contributed by atoms with Gasteiger partial charge in [-0.15, -0.1) is 11.3 Å². The summed E-state index contributed by atoms with van der Waals surface area (Å²) in [6, 6.07) is 5.98. The molecule has 0 atom stereocenters. The van der Waals surface area contributed by atoms with E-state index in [-0.39, 0.29) is 0 Å². The second-order valence-electron chi connectivity index (χ2n) is 4.48. The Labute approximate surface area is 126 Å². The summed E-state index contributed by atoms with van der Waals surface area (Å²) < 4.78 is 0. The number of fused-ring (bicyclic) bond motifs is 1. The molecule has 0 radical (unpaired) electrons. The summed E-state index contributed by atoms with van der Waals surface area (Å²) in [5.41, 5.74) is 1.25. The lowest BCUT2D eigenvalue weighted by atomic mass is 10.2. The van der Waals surface area contributed by atoms with Crippen molar-refractivity contribution in [2.24, 2.45) is 0 Å². The summed E-state index contributed by atoms with van der Waals surface area (Å²) in [5.74, 6) is 0.666. The van der Waals surface area contributed by atoms with Crippen molar-refractivity contribution in [1.82, 2.24) is 15.0 Å². The minimum Gasteiger partial charge on any atom is -0.343 e. The lowest BCUT2D eigenvalue weighted by Gasteiger charge is -2.17. The van der Waals surface area contributed by atoms with Crippen LogP contribution in [0.2, 0.25) is 5.15 Å². The van der Waals surface area contributed by atoms with Crippen molar-refractivity contribution in [1.29, 1.82) is 0 Å². The highest BCUT2D eigenvalue weighted by Gasteiger charge is 2.10. The third kappa shape index (κ3) is 2.73. The Morgan fingerprint density at radius 1 is 1.20 bits per heavy atom. The predicted molar refractivity (Wildman–Crippen MR) is 83.6 cm³/mol. The van der Waals surface area contributed by atoms with Crippen molar-refractivity contribution < 1.29 is 0 Å². The molecule has 3 rings (SSSR count). The minimum atomic E-state index is 0.516. The number of aromatic nitrogens is 3. The first-order valence-electron chi connectivity index (χ1n) is 6.25. The molecule has 0 saturated carbocycles. The molecule has 0 aromatic carbocycles. The summed E-state index contributed by atoms with van der Waals surface area (Å²) in [6.45, 7) is 0.831. The second kappa shape index (κ2) is 5.73. The highest BCUT2D eigenvalue weighted by molar-refractivity contribution is 7.16. The summed E-state index contributed by atoms with van der Waals surface area (Å²) in [5, 5.41) is 3.41. The largest absolute Gasteiger partial charge is 0.343 e. The molecule has 6 heteroatoms. The molecular formula is C14H13ClN4S. The van der Waals surface area contributed by atoms with E-state index in [4.69, 9.17) is 11.6 Å². The molecule has 3 heterocycles. The molecule has 0 amide bonds. The zero-order valence-corrected chi connectivity index (χ0v) is 12.5. The van der Waals surface area contributed by atoms with Gasteiger partial charge in [-0.1, -0.05) is 11.6 Å². The molecule has 4 nitrogen and oxygen atoms in total. The first-order valence-corrected chi connectivity index (χ1v) is 7.50. The molecule has 0 saturated heterocycles. The van der Waals surface area contributed by atoms with Gasteiger partial charge in [0.1, 0.15) is 9.98 Å². The average molecular weight is 305 g/mol. The molecule has 102 valence electrons. The van der Waals surface area contributed by atoms with Crippen LogP contribution in [0.1, 0.15) is 5.56 Å². The fraction of sp³-hybridized carbons (Fsp3) is 0.214. The topological polar surface area (TPSA) is 41.9 Å². The third-order valence-electron chi connectivity index (χ3n) is 3.09. The number of likely N-dealkylation sites (N-methyl/N-ethyl adjacent to an activating group) is 1. The van der Waals surface area contributed by atoms with Crippen LogP contribution in [0.3, 0.4) is 0 Å². The van der Waals surface area contributed by atoms with E-state index >= 15 is 0 Å². The van der Waals surface area contributed by atoms with Crippen LogP contribution in [0.4, 0.5) is 5.95 Å². The zero-order chi connectivity index (χ0) is 13.9. The predicted octanol–water partition coefficient (Wildman–Crippen LogP) is 3.42. The van der Waals surface area contributed by atoms with Gasteiger partial charge in [0.15, 0.2) is 0 Å². The Balaban J connectivity index is 1.76. The maximum atomic E-state index is 6.19. The van der Waals surface area contributed by atoms with Crippen LogP contribution in [0.15, 0.2) is 36.0 Å². The summed E-state index contributed by atoms with van der Waals surface area (Å²) in [6.07, 6.45) is 4.53. The number of anilines is 1. The van der Waals surface area contributed by atoms with Crippen molar-refractivity contribution in [3.63, 3.8) is 0 Å². The lowest BCUT2D eigenvalue weighted by Crippen LogP contribution is -2.22. The third-order valence-corrected chi connectivity index (χ3v) is 4.19. The van der Waals surface area contributed by atoms with Crippen molar-refractivity contribution in [2.45, 2.75) is 6.42 Å². The van der Waals surface area contributed by atoms with Crippen LogP contribution in [0.5, 0.6) is 0 Å². The molecule has 0 N–H and O–H groups in total. The van der Waals surface area contributed by atoms with Crippen LogP contribution in [0, 0.1) is 0 Å². The van der Waals surface area contributed by atoms with E-state index in [1.165, 1.54) is 5.56 Å². The highest BCUT2D eigenvalue weighted by Crippen LogP contribution is 2.26. The Kier molecular flexibility index (Phi) is 3.80. The molecule has 0 aliphatic rings. The minimum absolute atomic E-state index is 0.516. The van der Waals surface area contributed by atoms with Crippen LogP contribution >= 0.6 is 22.9 Å². The van der Waals surface area contributed by atoms with Gasteiger partial charge in [0.2, 0.25) is 5.95 Å². The molecule has 0 bridgehead atoms. The van der Waals surface area contributed by atoms with Crippen molar-refractivity contribution >= 4 is 39.1 Å². The van der Waals surface area contributed by atoms with E-state index < -0.39 is 0 Å². The van der Waals surface area contributed by atoms with E-state index in [1.54, 1.807) is 23.7 Å². The molecule has 0 unspecified atom stereocenters. The molecule has 0 aliphatic heterocycles. The van der Waals surface area contributed by atoms with Crippen LogP contribution in [0.25, 0.3) is 10.2 Å². The van der Waals surface area contributed by atoms with E-state index in [9.17, 15) is 0 Å². The van der Waals surface area contributed by atoms with Gasteiger partial charge in [0.05, 0.1) is 0 Å². The average Bonchev–Trinajstić information content (AvgIpc) is 2.95. The normalized spacial score (nSPS) is 10.9. The van der Waals surface area contributed by atoms with Gasteiger partial charge >= 0.3 is 0 Å². The number of rotatable bonds is 4. The molecule has 3 aromatic rings. The standard InChI is InChI=1S/C14H13ClN4S/c1-19(8-4-10-2-6-16-7-3-10)14-17-12(15)11-5-9-20-13(11)18-14/h2-3,5-7,9H,4,8H2,1H3. The second-order valence-corrected chi connectivity index (χ2v) is 5.73. The number of hydrogen-bond acceptors (Lipinski definition) is 5. The molecule has 0 aliphatic carbocycles. The van der Waals surface area contributed by atoms with Crippen LogP contribution < -0.4 is 4.90 Å². The van der Waals surface area contributed by atoms with Crippen molar-refractivity contribution in [3.05, 3.63) is 46.7 Å². The first kappa shape index (κ1) is 13.3. The van der Waals surface area contributed by atoms with Crippen molar-refractivity contribution in [3.8, 4) is 0 Å². The smallest absolute Gasteiger partial charge is 0.227 e. The number of nitrogens with zero attached hydrogens (tertiary/aromatic N) is 4. The number of thiophene rings is 1. The Morgan fingerprint density at radius 2 is 2.00 bits per heavy atom. The van der Waals surface area contributed by atoms with Gasteiger partial charge in [0.25, 0.3) is 0 Å². The molecule has 0 spiro atoms. The van der Waals surface area contributed by atoms with Gasteiger partial charge in [-0.2, -0.15) is 0 Å². The quantitative estimate of drug-likeness (QED) is 0.693. The summed E-state index contributed by atoms with van der Waals surface area (Å²) in [4.78, 5) is 15.9. The number of pyridine rings is 1. The summed E-state index contributed by atoms with van der Waals surface area (Å²) in [7, 11) is 1.98. The highest BCUT2D eigenvalue weighted by atomic mass is 35.5. The van der Waals surface area contributed by atoms with E-state index in [2.05, 4.69) is 15.0 Å². The Morgan fingerprint density at radius 3 is 2.80 bits per heavy atom. The van der Waals surface area contributed by atoms with E-state index in [1.807, 2.05) is 35.5 Å². The number of hydrogen-bond donors (Lipinski definition) is 0. The van der Waals surface area contributed by atoms with E-state index in [0.29, 0.717) is 11.1 Å². The Bertz CT molecular complexity index is 714. The van der Waals surface area contributed by atoms with E-state index in [0.717, 1.165) is 23.2 Å². The monoisotopic (exact) mass is 304 g/mol. The molecular weight excluding hydrogens is 292 g/mol. The van der Waals surface area contributed by atoms with Gasteiger partial charge < -0.3 is 4.90 Å². The fourth-order valence-corrected chi connectivity index (χ4v) is 2.97. The first-order chi connectivity index (χ1) is 9.74. The zero-order valence-electron chi connectivity index (χ0n) is 11.0. The van der Waals surface area contributed by atoms with Gasteiger partial charge in [-0.3, -0.25) is 4.98 Å². The fourth-order valence-electron chi connectivity index (χ4n) is 1.93. The summed E-state index contributed by atoms with van der Waals surface area (Å²) >= 11 is 7.76. The van der Waals surface area contributed by atoms with Crippen LogP contribution in [-0.2, 0) is 6.42 Å². The number of halogens is 1. The Hall–Kier alpha value is -1.72.